The van der Waals surface area contributed by atoms with Crippen molar-refractivity contribution < 1.29 is 13.9 Å². The Kier molecular flexibility index (Phi) is 6.45. The molecule has 0 spiro atoms. The third-order valence-corrected chi connectivity index (χ3v) is 3.82. The van der Waals surface area contributed by atoms with Gasteiger partial charge < -0.3 is 9.15 Å². The maximum absolute atomic E-state index is 12.1. The van der Waals surface area contributed by atoms with Crippen molar-refractivity contribution >= 4 is 17.7 Å². The van der Waals surface area contributed by atoms with Gasteiger partial charge in [-0.2, -0.15) is 11.8 Å². The molecular weight excluding hydrogens is 262 g/mol. The van der Waals surface area contributed by atoms with Crippen LogP contribution in [0.3, 0.4) is 0 Å². The first-order chi connectivity index (χ1) is 8.98. The minimum absolute atomic E-state index is 0.198. The predicted molar refractivity (Wildman–Crippen MR) is 78.2 cm³/mol. The van der Waals surface area contributed by atoms with E-state index in [-0.39, 0.29) is 12.0 Å². The molecule has 0 aromatic carbocycles. The second-order valence-electron chi connectivity index (χ2n) is 4.92. The molecule has 1 atom stereocenters. The summed E-state index contributed by atoms with van der Waals surface area (Å²) in [6, 6.07) is 4.02. The van der Waals surface area contributed by atoms with Crippen LogP contribution in [0.2, 0.25) is 0 Å². The Morgan fingerprint density at radius 3 is 2.84 bits per heavy atom. The average molecular weight is 285 g/mol. The molecule has 4 nitrogen and oxygen atoms in total. The van der Waals surface area contributed by atoms with Crippen LogP contribution in [0.5, 0.6) is 0 Å². The summed E-state index contributed by atoms with van der Waals surface area (Å²) in [5, 5.41) is 3.29. The van der Waals surface area contributed by atoms with Crippen LogP contribution in [0.4, 0.5) is 0 Å². The minimum atomic E-state index is -0.665. The van der Waals surface area contributed by atoms with E-state index in [9.17, 15) is 4.79 Å². The van der Waals surface area contributed by atoms with Gasteiger partial charge in [0.1, 0.15) is 11.3 Å². The van der Waals surface area contributed by atoms with E-state index in [4.69, 9.17) is 9.15 Å². The smallest absolute Gasteiger partial charge is 0.326 e. The molecule has 0 bridgehead atoms. The summed E-state index contributed by atoms with van der Waals surface area (Å²) in [5.74, 6) is 2.11. The molecule has 1 N–H and O–H groups in total. The second-order valence-corrected chi connectivity index (χ2v) is 5.91. The SMILES string of the molecule is CCOC(=O)C(C)(CSCc1ccco1)NC(C)C. The van der Waals surface area contributed by atoms with E-state index in [1.54, 1.807) is 18.0 Å². The first-order valence-electron chi connectivity index (χ1n) is 6.53. The van der Waals surface area contributed by atoms with Gasteiger partial charge in [0.2, 0.25) is 0 Å². The van der Waals surface area contributed by atoms with Crippen molar-refractivity contribution in [1.29, 1.82) is 0 Å². The summed E-state index contributed by atoms with van der Waals surface area (Å²) in [7, 11) is 0. The van der Waals surface area contributed by atoms with Crippen LogP contribution in [0.15, 0.2) is 22.8 Å². The highest BCUT2D eigenvalue weighted by Crippen LogP contribution is 2.20. The lowest BCUT2D eigenvalue weighted by atomic mass is 10.0. The number of ether oxygens (including phenoxy) is 1. The second kappa shape index (κ2) is 7.60. The Labute approximate surface area is 119 Å². The van der Waals surface area contributed by atoms with Gasteiger partial charge in [0, 0.05) is 11.8 Å². The zero-order valence-corrected chi connectivity index (χ0v) is 12.9. The standard InChI is InChI=1S/C14H23NO3S/c1-5-17-13(16)14(4,15-11(2)3)10-19-9-12-7-6-8-18-12/h6-8,11,15H,5,9-10H2,1-4H3. The molecule has 0 fully saturated rings. The lowest BCUT2D eigenvalue weighted by Crippen LogP contribution is -2.55. The van der Waals surface area contributed by atoms with Gasteiger partial charge in [-0.1, -0.05) is 0 Å². The number of esters is 1. The molecule has 1 aromatic heterocycles. The quantitative estimate of drug-likeness (QED) is 0.744. The molecule has 1 heterocycles. The molecule has 0 aliphatic rings. The molecule has 0 saturated carbocycles. The Balaban J connectivity index is 2.55. The fraction of sp³-hybridized carbons (Fsp3) is 0.643. The van der Waals surface area contributed by atoms with Gasteiger partial charge >= 0.3 is 5.97 Å². The van der Waals surface area contributed by atoms with E-state index in [0.29, 0.717) is 12.4 Å². The van der Waals surface area contributed by atoms with Gasteiger partial charge in [-0.15, -0.1) is 0 Å². The molecule has 1 unspecified atom stereocenters. The van der Waals surface area contributed by atoms with Gasteiger partial charge in [-0.25, -0.2) is 0 Å². The first-order valence-corrected chi connectivity index (χ1v) is 7.68. The summed E-state index contributed by atoms with van der Waals surface area (Å²) < 4.78 is 10.4. The van der Waals surface area contributed by atoms with Gasteiger partial charge in [-0.3, -0.25) is 10.1 Å². The topological polar surface area (TPSA) is 51.5 Å². The van der Waals surface area contributed by atoms with Crippen LogP contribution < -0.4 is 5.32 Å². The first kappa shape index (κ1) is 16.1. The van der Waals surface area contributed by atoms with E-state index in [2.05, 4.69) is 5.32 Å². The molecule has 108 valence electrons. The van der Waals surface area contributed by atoms with E-state index < -0.39 is 5.54 Å². The molecular formula is C14H23NO3S. The molecule has 5 heteroatoms. The van der Waals surface area contributed by atoms with Crippen molar-refractivity contribution in [3.63, 3.8) is 0 Å². The van der Waals surface area contributed by atoms with Crippen molar-refractivity contribution in [3.8, 4) is 0 Å². The fourth-order valence-electron chi connectivity index (χ4n) is 1.84. The number of carbonyl (C=O) groups excluding carboxylic acids is 1. The van der Waals surface area contributed by atoms with E-state index in [1.807, 2.05) is 39.8 Å². The van der Waals surface area contributed by atoms with Gasteiger partial charge in [0.15, 0.2) is 0 Å². The molecule has 1 aromatic rings. The molecule has 0 saturated heterocycles. The Hall–Kier alpha value is -0.940. The van der Waals surface area contributed by atoms with Crippen molar-refractivity contribution in [3.05, 3.63) is 24.2 Å². The fourth-order valence-corrected chi connectivity index (χ4v) is 2.91. The molecule has 1 rings (SSSR count). The lowest BCUT2D eigenvalue weighted by Gasteiger charge is -2.30. The third kappa shape index (κ3) is 5.28. The summed E-state index contributed by atoms with van der Waals surface area (Å²) in [6.07, 6.45) is 1.66. The Morgan fingerprint density at radius 1 is 1.58 bits per heavy atom. The number of furan rings is 1. The Morgan fingerprint density at radius 2 is 2.32 bits per heavy atom. The van der Waals surface area contributed by atoms with Crippen LogP contribution >= 0.6 is 11.8 Å². The van der Waals surface area contributed by atoms with Crippen molar-refractivity contribution in [2.24, 2.45) is 0 Å². The van der Waals surface area contributed by atoms with Crippen LogP contribution in [0, 0.1) is 0 Å². The molecule has 0 amide bonds. The third-order valence-electron chi connectivity index (χ3n) is 2.55. The maximum atomic E-state index is 12.1. The highest BCUT2D eigenvalue weighted by atomic mass is 32.2. The zero-order valence-electron chi connectivity index (χ0n) is 12.1. The van der Waals surface area contributed by atoms with Crippen molar-refractivity contribution in [2.75, 3.05) is 12.4 Å². The Bertz CT molecular complexity index is 378. The van der Waals surface area contributed by atoms with E-state index >= 15 is 0 Å². The number of carbonyl (C=O) groups is 1. The van der Waals surface area contributed by atoms with Gasteiger partial charge in [-0.05, 0) is 39.8 Å². The largest absolute Gasteiger partial charge is 0.468 e. The lowest BCUT2D eigenvalue weighted by molar-refractivity contribution is -0.149. The highest BCUT2D eigenvalue weighted by molar-refractivity contribution is 7.98. The molecule has 0 radical (unpaired) electrons. The summed E-state index contributed by atoms with van der Waals surface area (Å²) >= 11 is 1.66. The van der Waals surface area contributed by atoms with Crippen LogP contribution in [-0.4, -0.2) is 29.9 Å². The number of rotatable bonds is 8. The number of hydrogen-bond acceptors (Lipinski definition) is 5. The van der Waals surface area contributed by atoms with Crippen LogP contribution in [-0.2, 0) is 15.3 Å². The van der Waals surface area contributed by atoms with Crippen LogP contribution in [0.1, 0.15) is 33.5 Å². The van der Waals surface area contributed by atoms with Gasteiger partial charge in [0.05, 0.1) is 18.6 Å². The minimum Gasteiger partial charge on any atom is -0.468 e. The van der Waals surface area contributed by atoms with E-state index in [0.717, 1.165) is 11.5 Å². The van der Waals surface area contributed by atoms with E-state index in [1.165, 1.54) is 0 Å². The van der Waals surface area contributed by atoms with Crippen LogP contribution in [0.25, 0.3) is 0 Å². The average Bonchev–Trinajstić information content (AvgIpc) is 2.81. The van der Waals surface area contributed by atoms with Crippen molar-refractivity contribution in [2.45, 2.75) is 45.0 Å². The maximum Gasteiger partial charge on any atom is 0.326 e. The highest BCUT2D eigenvalue weighted by Gasteiger charge is 2.35. The molecule has 0 aliphatic carbocycles. The monoisotopic (exact) mass is 285 g/mol. The zero-order chi connectivity index (χ0) is 14.3. The number of thioether (sulfide) groups is 1. The van der Waals surface area contributed by atoms with Crippen molar-refractivity contribution in [1.82, 2.24) is 5.32 Å². The normalized spacial score (nSPS) is 14.4. The number of hydrogen-bond donors (Lipinski definition) is 1. The molecule has 0 aliphatic heterocycles. The number of nitrogens with one attached hydrogen (secondary N) is 1. The predicted octanol–water partition coefficient (Wildman–Crippen LogP) is 2.83. The summed E-state index contributed by atoms with van der Waals surface area (Å²) in [5.41, 5.74) is -0.665. The summed E-state index contributed by atoms with van der Waals surface area (Å²) in [6.45, 7) is 8.16. The summed E-state index contributed by atoms with van der Waals surface area (Å²) in [4.78, 5) is 12.1. The van der Waals surface area contributed by atoms with Gasteiger partial charge in [0.25, 0.3) is 0 Å². The molecule has 19 heavy (non-hydrogen) atoms.